The molecule has 0 radical (unpaired) electrons. The second-order valence-electron chi connectivity index (χ2n) is 4.32. The molecule has 1 aromatic rings. The Bertz CT molecular complexity index is 453. The van der Waals surface area contributed by atoms with Crippen LogP contribution in [0.4, 0.5) is 5.69 Å². The predicted octanol–water partition coefficient (Wildman–Crippen LogP) is 1.20. The summed E-state index contributed by atoms with van der Waals surface area (Å²) < 4.78 is 26.1. The number of nitrogens with one attached hydrogen (secondary N) is 1. The van der Waals surface area contributed by atoms with Gasteiger partial charge < -0.3 is 5.32 Å². The summed E-state index contributed by atoms with van der Waals surface area (Å²) in [5.74, 6) is 0. The van der Waals surface area contributed by atoms with E-state index in [-0.39, 0.29) is 5.25 Å². The maximum absolute atomic E-state index is 12.4. The Hall–Kier alpha value is -1.07. The van der Waals surface area contributed by atoms with Gasteiger partial charge in [0.15, 0.2) is 0 Å². The van der Waals surface area contributed by atoms with Crippen LogP contribution in [0.2, 0.25) is 0 Å². The Balaban J connectivity index is 2.20. The SMILES string of the molecule is CN(c1ccccc1)S(=O)(=O)C1CCCNC1. The number of anilines is 1. The summed E-state index contributed by atoms with van der Waals surface area (Å²) in [6.07, 6.45) is 1.67. The van der Waals surface area contributed by atoms with Crippen LogP contribution >= 0.6 is 0 Å². The fourth-order valence-electron chi connectivity index (χ4n) is 2.08. The highest BCUT2D eigenvalue weighted by atomic mass is 32.2. The highest BCUT2D eigenvalue weighted by Crippen LogP contribution is 2.21. The third-order valence-corrected chi connectivity index (χ3v) is 5.39. The first-order chi connectivity index (χ1) is 8.12. The average molecular weight is 254 g/mol. The molecule has 1 aromatic carbocycles. The largest absolute Gasteiger partial charge is 0.315 e. The number of rotatable bonds is 3. The molecule has 1 atom stereocenters. The van der Waals surface area contributed by atoms with E-state index in [9.17, 15) is 8.42 Å². The molecule has 0 aliphatic carbocycles. The molecule has 1 N–H and O–H groups in total. The Morgan fingerprint density at radius 1 is 1.29 bits per heavy atom. The van der Waals surface area contributed by atoms with Gasteiger partial charge >= 0.3 is 0 Å². The minimum atomic E-state index is -3.24. The van der Waals surface area contributed by atoms with Crippen molar-refractivity contribution in [1.29, 1.82) is 0 Å². The van der Waals surface area contributed by atoms with E-state index < -0.39 is 10.0 Å². The summed E-state index contributed by atoms with van der Waals surface area (Å²) in [4.78, 5) is 0. The van der Waals surface area contributed by atoms with Gasteiger partial charge in [-0.3, -0.25) is 4.31 Å². The van der Waals surface area contributed by atoms with Crippen molar-refractivity contribution in [3.63, 3.8) is 0 Å². The number of hydrogen-bond donors (Lipinski definition) is 1. The smallest absolute Gasteiger partial charge is 0.239 e. The van der Waals surface area contributed by atoms with E-state index in [2.05, 4.69) is 5.32 Å². The van der Waals surface area contributed by atoms with E-state index in [1.54, 1.807) is 7.05 Å². The van der Waals surface area contributed by atoms with Gasteiger partial charge in [0.1, 0.15) is 0 Å². The van der Waals surface area contributed by atoms with Crippen molar-refractivity contribution in [1.82, 2.24) is 5.32 Å². The number of piperidine rings is 1. The molecule has 1 aliphatic rings. The van der Waals surface area contributed by atoms with Crippen LogP contribution in [0.5, 0.6) is 0 Å². The monoisotopic (exact) mass is 254 g/mol. The second-order valence-corrected chi connectivity index (χ2v) is 6.56. The summed E-state index contributed by atoms with van der Waals surface area (Å²) >= 11 is 0. The van der Waals surface area contributed by atoms with Gasteiger partial charge in [-0.1, -0.05) is 18.2 Å². The molecular weight excluding hydrogens is 236 g/mol. The lowest BCUT2D eigenvalue weighted by molar-refractivity contribution is 0.496. The van der Waals surface area contributed by atoms with Gasteiger partial charge in [0.05, 0.1) is 10.9 Å². The fraction of sp³-hybridized carbons (Fsp3) is 0.500. The molecule has 0 amide bonds. The first-order valence-electron chi connectivity index (χ1n) is 5.86. The normalized spacial score (nSPS) is 21.1. The number of sulfonamides is 1. The third kappa shape index (κ3) is 2.61. The molecule has 1 saturated heterocycles. The van der Waals surface area contributed by atoms with Crippen LogP contribution < -0.4 is 9.62 Å². The maximum atomic E-state index is 12.4. The van der Waals surface area contributed by atoms with Crippen LogP contribution in [-0.4, -0.2) is 33.8 Å². The Kier molecular flexibility index (Phi) is 3.69. The molecule has 5 heteroatoms. The zero-order valence-corrected chi connectivity index (χ0v) is 10.8. The summed E-state index contributed by atoms with van der Waals surface area (Å²) in [6, 6.07) is 9.20. The number of hydrogen-bond acceptors (Lipinski definition) is 3. The van der Waals surface area contributed by atoms with Crippen LogP contribution in [0.1, 0.15) is 12.8 Å². The first kappa shape index (κ1) is 12.4. The molecule has 1 unspecified atom stereocenters. The molecule has 1 fully saturated rings. The van der Waals surface area contributed by atoms with Gasteiger partial charge in [-0.2, -0.15) is 0 Å². The average Bonchev–Trinajstić information content (AvgIpc) is 2.40. The van der Waals surface area contributed by atoms with E-state index in [0.29, 0.717) is 6.54 Å². The van der Waals surface area contributed by atoms with Crippen LogP contribution in [0, 0.1) is 0 Å². The quantitative estimate of drug-likeness (QED) is 0.882. The fourth-order valence-corrected chi connectivity index (χ4v) is 3.74. The summed E-state index contributed by atoms with van der Waals surface area (Å²) in [6.45, 7) is 1.47. The van der Waals surface area contributed by atoms with Crippen molar-refractivity contribution in [2.45, 2.75) is 18.1 Å². The standard InChI is InChI=1S/C12H18N2O2S/c1-14(11-6-3-2-4-7-11)17(15,16)12-8-5-9-13-10-12/h2-4,6-7,12-13H,5,8-10H2,1H3. The second kappa shape index (κ2) is 5.06. The van der Waals surface area contributed by atoms with Crippen molar-refractivity contribution < 1.29 is 8.42 Å². The van der Waals surface area contributed by atoms with Crippen LogP contribution in [-0.2, 0) is 10.0 Å². The van der Waals surface area contributed by atoms with E-state index in [1.165, 1.54) is 4.31 Å². The predicted molar refractivity (Wildman–Crippen MR) is 69.7 cm³/mol. The lowest BCUT2D eigenvalue weighted by atomic mass is 10.2. The Morgan fingerprint density at radius 2 is 2.00 bits per heavy atom. The first-order valence-corrected chi connectivity index (χ1v) is 7.36. The van der Waals surface area contributed by atoms with Crippen LogP contribution in [0.3, 0.4) is 0 Å². The molecule has 0 spiro atoms. The minimum Gasteiger partial charge on any atom is -0.315 e. The van der Waals surface area contributed by atoms with Crippen LogP contribution in [0.15, 0.2) is 30.3 Å². The van der Waals surface area contributed by atoms with Crippen LogP contribution in [0.25, 0.3) is 0 Å². The molecule has 17 heavy (non-hydrogen) atoms. The van der Waals surface area contributed by atoms with Gasteiger partial charge in [0.25, 0.3) is 0 Å². The van der Waals surface area contributed by atoms with Gasteiger partial charge in [-0.05, 0) is 31.5 Å². The molecule has 2 rings (SSSR count). The lowest BCUT2D eigenvalue weighted by Gasteiger charge is -2.28. The Morgan fingerprint density at radius 3 is 2.59 bits per heavy atom. The molecule has 1 heterocycles. The zero-order valence-electron chi connectivity index (χ0n) is 9.96. The highest BCUT2D eigenvalue weighted by molar-refractivity contribution is 7.93. The maximum Gasteiger partial charge on any atom is 0.239 e. The van der Waals surface area contributed by atoms with Gasteiger partial charge in [-0.25, -0.2) is 8.42 Å². The summed E-state index contributed by atoms with van der Waals surface area (Å²) in [5, 5.41) is 2.84. The topological polar surface area (TPSA) is 49.4 Å². The van der Waals surface area contributed by atoms with E-state index in [1.807, 2.05) is 30.3 Å². The molecule has 1 aliphatic heterocycles. The number of nitrogens with zero attached hydrogens (tertiary/aromatic N) is 1. The Labute approximate surface area is 103 Å². The van der Waals surface area contributed by atoms with E-state index >= 15 is 0 Å². The molecule has 4 nitrogen and oxygen atoms in total. The molecule has 0 saturated carbocycles. The summed E-state index contributed by atoms with van der Waals surface area (Å²) in [7, 11) is -1.62. The number of benzene rings is 1. The summed E-state index contributed by atoms with van der Waals surface area (Å²) in [5.41, 5.74) is 0.720. The highest BCUT2D eigenvalue weighted by Gasteiger charge is 2.30. The molecular formula is C12H18N2O2S. The van der Waals surface area contributed by atoms with Gasteiger partial charge in [0, 0.05) is 13.6 Å². The third-order valence-electron chi connectivity index (χ3n) is 3.17. The van der Waals surface area contributed by atoms with Gasteiger partial charge in [-0.15, -0.1) is 0 Å². The molecule has 94 valence electrons. The van der Waals surface area contributed by atoms with Crippen molar-refractivity contribution >= 4 is 15.7 Å². The zero-order chi connectivity index (χ0) is 12.3. The van der Waals surface area contributed by atoms with E-state index in [4.69, 9.17) is 0 Å². The number of para-hydroxylation sites is 1. The van der Waals surface area contributed by atoms with Crippen molar-refractivity contribution in [2.75, 3.05) is 24.4 Å². The minimum absolute atomic E-state index is 0.304. The van der Waals surface area contributed by atoms with E-state index in [0.717, 1.165) is 25.1 Å². The van der Waals surface area contributed by atoms with Gasteiger partial charge in [0.2, 0.25) is 10.0 Å². The lowest BCUT2D eigenvalue weighted by Crippen LogP contribution is -2.45. The molecule has 0 aromatic heterocycles. The van der Waals surface area contributed by atoms with Crippen molar-refractivity contribution in [3.05, 3.63) is 30.3 Å². The van der Waals surface area contributed by atoms with Crippen molar-refractivity contribution in [2.24, 2.45) is 0 Å². The molecule has 0 bridgehead atoms. The van der Waals surface area contributed by atoms with Crippen molar-refractivity contribution in [3.8, 4) is 0 Å².